The average Bonchev–Trinajstić information content (AvgIpc) is 2.23. The Morgan fingerprint density at radius 2 is 1.89 bits per heavy atom. The highest BCUT2D eigenvalue weighted by Crippen LogP contribution is 2.33. The Bertz CT molecular complexity index is 433. The van der Waals surface area contributed by atoms with E-state index in [1.807, 2.05) is 0 Å². The minimum atomic E-state index is -4.38. The number of alkyl halides is 3. The molecule has 1 nitrogen and oxygen atoms in total. The highest BCUT2D eigenvalue weighted by atomic mass is 19.4. The van der Waals surface area contributed by atoms with Crippen LogP contribution in [0.5, 0.6) is 0 Å². The smallest absolute Gasteiger partial charge is 0.299 e. The van der Waals surface area contributed by atoms with Crippen molar-refractivity contribution in [2.75, 3.05) is 0 Å². The third-order valence-corrected chi connectivity index (χ3v) is 3.45. The number of carbonyl (C=O) groups is 1. The van der Waals surface area contributed by atoms with Gasteiger partial charge in [-0.25, -0.2) is 0 Å². The molecule has 0 atom stereocenters. The summed E-state index contributed by atoms with van der Waals surface area (Å²) in [5.74, 6) is 0.312. The third kappa shape index (κ3) is 3.12. The highest BCUT2D eigenvalue weighted by Gasteiger charge is 2.33. The first-order chi connectivity index (χ1) is 8.47. The van der Waals surface area contributed by atoms with Gasteiger partial charge in [-0.3, -0.25) is 4.79 Å². The number of benzene rings is 1. The van der Waals surface area contributed by atoms with E-state index in [1.165, 1.54) is 12.1 Å². The van der Waals surface area contributed by atoms with Gasteiger partial charge in [0.2, 0.25) is 0 Å². The van der Waals surface area contributed by atoms with Crippen molar-refractivity contribution in [1.82, 2.24) is 0 Å². The van der Waals surface area contributed by atoms with E-state index < -0.39 is 11.7 Å². The van der Waals surface area contributed by atoms with Crippen molar-refractivity contribution in [3.8, 4) is 0 Å². The van der Waals surface area contributed by atoms with Crippen molar-refractivity contribution < 1.29 is 18.0 Å². The fourth-order valence-corrected chi connectivity index (χ4v) is 2.25. The number of Topliss-reactive ketones (excluding diaryl/α,β-unsaturated/α-hetero) is 1. The van der Waals surface area contributed by atoms with Gasteiger partial charge in [-0.2, -0.15) is 13.2 Å². The molecule has 0 aliphatic heterocycles. The fourth-order valence-electron chi connectivity index (χ4n) is 2.25. The van der Waals surface area contributed by atoms with E-state index in [4.69, 9.17) is 0 Å². The first kappa shape index (κ1) is 13.1. The van der Waals surface area contributed by atoms with Crippen molar-refractivity contribution in [3.05, 3.63) is 35.4 Å². The maximum absolute atomic E-state index is 12.7. The lowest BCUT2D eigenvalue weighted by atomic mass is 9.81. The number of hydrogen-bond donors (Lipinski definition) is 0. The molecule has 1 aromatic rings. The molecule has 0 spiro atoms. The molecule has 4 heteroatoms. The largest absolute Gasteiger partial charge is 0.416 e. The molecule has 1 aliphatic carbocycles. The van der Waals surface area contributed by atoms with Crippen molar-refractivity contribution in [3.63, 3.8) is 0 Å². The van der Waals surface area contributed by atoms with Gasteiger partial charge in [0.1, 0.15) is 5.78 Å². The molecular weight excluding hydrogens is 241 g/mol. The predicted molar refractivity (Wildman–Crippen MR) is 62.1 cm³/mol. The van der Waals surface area contributed by atoms with Crippen LogP contribution in [0.15, 0.2) is 24.3 Å². The first-order valence-electron chi connectivity index (χ1n) is 6.13. The number of halogens is 3. The van der Waals surface area contributed by atoms with E-state index in [9.17, 15) is 18.0 Å². The Hall–Kier alpha value is -1.32. The first-order valence-corrected chi connectivity index (χ1v) is 6.13. The molecule has 18 heavy (non-hydrogen) atoms. The lowest BCUT2D eigenvalue weighted by Gasteiger charge is -2.24. The van der Waals surface area contributed by atoms with E-state index in [1.54, 1.807) is 6.07 Å². The van der Waals surface area contributed by atoms with Crippen molar-refractivity contribution in [2.45, 2.75) is 38.3 Å². The number of ketones is 1. The van der Waals surface area contributed by atoms with Crippen LogP contribution in [-0.2, 0) is 17.4 Å². The second kappa shape index (κ2) is 5.12. The van der Waals surface area contributed by atoms with Crippen LogP contribution in [0.3, 0.4) is 0 Å². The lowest BCUT2D eigenvalue weighted by Crippen LogP contribution is -2.18. The molecule has 0 aromatic heterocycles. The maximum atomic E-state index is 12.7. The Morgan fingerprint density at radius 1 is 1.22 bits per heavy atom. The summed E-state index contributed by atoms with van der Waals surface area (Å²) in [4.78, 5) is 11.7. The second-order valence-electron chi connectivity index (χ2n) is 4.87. The third-order valence-electron chi connectivity index (χ3n) is 3.45. The van der Waals surface area contributed by atoms with Crippen LogP contribution in [0.4, 0.5) is 13.2 Å². The van der Waals surface area contributed by atoms with Gasteiger partial charge in [0.15, 0.2) is 0 Å². The Kier molecular flexibility index (Phi) is 3.73. The summed E-state index contributed by atoms with van der Waals surface area (Å²) in [6, 6.07) is 5.32. The molecular formula is C14H15F3O. The fraction of sp³-hybridized carbons (Fsp3) is 0.500. The minimum Gasteiger partial charge on any atom is -0.299 e. The van der Waals surface area contributed by atoms with Crippen molar-refractivity contribution >= 4 is 5.78 Å². The molecule has 1 fully saturated rings. The zero-order valence-electron chi connectivity index (χ0n) is 9.96. The molecule has 98 valence electrons. The van der Waals surface area contributed by atoms with E-state index in [0.29, 0.717) is 12.3 Å². The zero-order valence-corrected chi connectivity index (χ0v) is 9.96. The van der Waals surface area contributed by atoms with Crippen LogP contribution in [0.1, 0.15) is 36.8 Å². The van der Waals surface area contributed by atoms with Crippen molar-refractivity contribution in [2.24, 2.45) is 5.92 Å². The molecule has 0 unspecified atom stereocenters. The number of rotatable bonds is 4. The average molecular weight is 256 g/mol. The standard InChI is InChI=1S/C14H15F3O/c15-14(16,17)13-7-2-1-6-11(13)9-12(18)8-10-4-3-5-10/h1-2,6-7,10H,3-5,8-9H2. The van der Waals surface area contributed by atoms with Crippen LogP contribution >= 0.6 is 0 Å². The minimum absolute atomic E-state index is 0.0867. The molecule has 0 N–H and O–H groups in total. The Balaban J connectivity index is 2.06. The molecule has 0 bridgehead atoms. The molecule has 0 amide bonds. The van der Waals surface area contributed by atoms with Gasteiger partial charge in [-0.05, 0) is 17.5 Å². The Labute approximate surface area is 104 Å². The maximum Gasteiger partial charge on any atom is 0.416 e. The summed E-state index contributed by atoms with van der Waals surface area (Å²) in [5.41, 5.74) is -0.596. The van der Waals surface area contributed by atoms with Gasteiger partial charge in [0, 0.05) is 12.8 Å². The lowest BCUT2D eigenvalue weighted by molar-refractivity contribution is -0.138. The van der Waals surface area contributed by atoms with Gasteiger partial charge in [-0.1, -0.05) is 37.5 Å². The summed E-state index contributed by atoms with van der Waals surface area (Å²) < 4.78 is 38.2. The molecule has 0 heterocycles. The summed E-state index contributed by atoms with van der Waals surface area (Å²) in [7, 11) is 0. The molecule has 1 saturated carbocycles. The number of hydrogen-bond acceptors (Lipinski definition) is 1. The number of carbonyl (C=O) groups excluding carboxylic acids is 1. The van der Waals surface area contributed by atoms with Gasteiger partial charge >= 0.3 is 6.18 Å². The van der Waals surface area contributed by atoms with Gasteiger partial charge in [-0.15, -0.1) is 0 Å². The SMILES string of the molecule is O=C(Cc1ccccc1C(F)(F)F)CC1CCC1. The van der Waals surface area contributed by atoms with Crippen molar-refractivity contribution in [1.29, 1.82) is 0 Å². The van der Waals surface area contributed by atoms with E-state index in [-0.39, 0.29) is 17.8 Å². The summed E-state index contributed by atoms with van der Waals surface area (Å²) in [6.07, 6.45) is -0.859. The van der Waals surface area contributed by atoms with E-state index in [2.05, 4.69) is 0 Å². The molecule has 0 radical (unpaired) electrons. The van der Waals surface area contributed by atoms with Crippen LogP contribution in [0.2, 0.25) is 0 Å². The molecule has 2 rings (SSSR count). The summed E-state index contributed by atoms with van der Waals surface area (Å²) >= 11 is 0. The van der Waals surface area contributed by atoms with Crippen LogP contribution in [0.25, 0.3) is 0 Å². The van der Waals surface area contributed by atoms with Gasteiger partial charge in [0.25, 0.3) is 0 Å². The second-order valence-corrected chi connectivity index (χ2v) is 4.87. The Morgan fingerprint density at radius 3 is 2.44 bits per heavy atom. The molecule has 0 saturated heterocycles. The quantitative estimate of drug-likeness (QED) is 0.795. The monoisotopic (exact) mass is 256 g/mol. The summed E-state index contributed by atoms with van der Waals surface area (Å²) in [6.45, 7) is 0. The summed E-state index contributed by atoms with van der Waals surface area (Å²) in [5, 5.41) is 0. The highest BCUT2D eigenvalue weighted by molar-refractivity contribution is 5.81. The van der Waals surface area contributed by atoms with E-state index in [0.717, 1.165) is 25.3 Å². The van der Waals surface area contributed by atoms with Crippen LogP contribution in [-0.4, -0.2) is 5.78 Å². The van der Waals surface area contributed by atoms with Crippen LogP contribution in [0, 0.1) is 5.92 Å². The molecule has 1 aliphatic rings. The zero-order chi connectivity index (χ0) is 13.2. The topological polar surface area (TPSA) is 17.1 Å². The predicted octanol–water partition coefficient (Wildman–Crippen LogP) is 4.01. The normalized spacial score (nSPS) is 16.4. The van der Waals surface area contributed by atoms with E-state index >= 15 is 0 Å². The molecule has 1 aromatic carbocycles. The van der Waals surface area contributed by atoms with Gasteiger partial charge in [0.05, 0.1) is 5.56 Å². The van der Waals surface area contributed by atoms with Crippen LogP contribution < -0.4 is 0 Å². The van der Waals surface area contributed by atoms with Gasteiger partial charge < -0.3 is 0 Å².